The molecule has 1 amide bonds. The number of aromatic carboxylic acids is 1. The van der Waals surface area contributed by atoms with E-state index in [-0.39, 0.29) is 17.8 Å². The first-order chi connectivity index (χ1) is 15.6. The molecule has 0 saturated heterocycles. The van der Waals surface area contributed by atoms with Crippen LogP contribution in [0.3, 0.4) is 0 Å². The number of carboxylic acid groups (broad SMARTS) is 1. The Bertz CT molecular complexity index is 1120. The van der Waals surface area contributed by atoms with Crippen molar-refractivity contribution in [1.29, 1.82) is 0 Å². The maximum Gasteiger partial charge on any atom is 0.416 e. The molecule has 1 heterocycles. The van der Waals surface area contributed by atoms with Crippen molar-refractivity contribution in [2.45, 2.75) is 45.5 Å². The van der Waals surface area contributed by atoms with Gasteiger partial charge in [-0.1, -0.05) is 42.8 Å². The molecule has 1 atom stereocenters. The Balaban J connectivity index is 1.81. The first kappa shape index (κ1) is 24.0. The van der Waals surface area contributed by atoms with Crippen molar-refractivity contribution in [1.82, 2.24) is 20.3 Å². The molecular formula is C23H23F3N4O3. The topological polar surface area (TPSA) is 97.1 Å². The first-order valence-corrected chi connectivity index (χ1v) is 10.3. The minimum absolute atomic E-state index is 0.0826. The molecule has 0 saturated carbocycles. The summed E-state index contributed by atoms with van der Waals surface area (Å²) in [7, 11) is 0. The van der Waals surface area contributed by atoms with E-state index in [1.54, 1.807) is 19.1 Å². The molecule has 0 radical (unpaired) electrons. The summed E-state index contributed by atoms with van der Waals surface area (Å²) in [6.07, 6.45) is -3.19. The van der Waals surface area contributed by atoms with Gasteiger partial charge in [-0.2, -0.15) is 13.2 Å². The number of aryl methyl sites for hydroxylation is 1. The molecule has 2 aromatic carbocycles. The van der Waals surface area contributed by atoms with Crippen LogP contribution < -0.4 is 5.32 Å². The highest BCUT2D eigenvalue weighted by molar-refractivity contribution is 5.94. The summed E-state index contributed by atoms with van der Waals surface area (Å²) >= 11 is 0. The predicted octanol–water partition coefficient (Wildman–Crippen LogP) is 4.49. The second kappa shape index (κ2) is 9.85. The van der Waals surface area contributed by atoms with E-state index in [0.29, 0.717) is 23.2 Å². The summed E-state index contributed by atoms with van der Waals surface area (Å²) < 4.78 is 39.8. The number of rotatable bonds is 8. The van der Waals surface area contributed by atoms with Gasteiger partial charge in [-0.05, 0) is 48.7 Å². The molecule has 0 aliphatic heterocycles. The van der Waals surface area contributed by atoms with E-state index in [9.17, 15) is 22.8 Å². The number of nitrogens with one attached hydrogen (secondary N) is 1. The molecule has 0 aliphatic rings. The predicted molar refractivity (Wildman–Crippen MR) is 114 cm³/mol. The molecule has 3 rings (SSSR count). The smallest absolute Gasteiger partial charge is 0.416 e. The van der Waals surface area contributed by atoms with Crippen LogP contribution in [-0.4, -0.2) is 32.0 Å². The molecular weight excluding hydrogens is 437 g/mol. The van der Waals surface area contributed by atoms with Crippen LogP contribution >= 0.6 is 0 Å². The minimum Gasteiger partial charge on any atom is -0.478 e. The van der Waals surface area contributed by atoms with E-state index in [1.165, 1.54) is 28.9 Å². The summed E-state index contributed by atoms with van der Waals surface area (Å²) in [4.78, 5) is 24.1. The number of benzene rings is 2. The lowest BCUT2D eigenvalue weighted by Gasteiger charge is -2.16. The number of hydrogen-bond donors (Lipinski definition) is 2. The maximum absolute atomic E-state index is 13.1. The summed E-state index contributed by atoms with van der Waals surface area (Å²) in [5, 5.41) is 20.0. The standard InChI is InChI=1S/C23H23F3N4O3/c1-3-4-19-20(21(31)27-14(2)16-7-9-17(10-8-16)22(32)33)30(29-28-19)13-15-5-11-18(12-6-15)23(24,25)26/h5-12,14H,3-4,13H2,1-2H3,(H,27,31)(H,32,33). The molecule has 0 bridgehead atoms. The van der Waals surface area contributed by atoms with E-state index >= 15 is 0 Å². The molecule has 7 nitrogen and oxygen atoms in total. The van der Waals surface area contributed by atoms with Gasteiger partial charge in [-0.15, -0.1) is 5.10 Å². The number of amides is 1. The number of alkyl halides is 3. The van der Waals surface area contributed by atoms with Gasteiger partial charge in [-0.25, -0.2) is 9.48 Å². The zero-order chi connectivity index (χ0) is 24.2. The Morgan fingerprint density at radius 1 is 1.09 bits per heavy atom. The quantitative estimate of drug-likeness (QED) is 0.516. The largest absolute Gasteiger partial charge is 0.478 e. The van der Waals surface area contributed by atoms with Crippen molar-refractivity contribution >= 4 is 11.9 Å². The lowest BCUT2D eigenvalue weighted by atomic mass is 10.1. The van der Waals surface area contributed by atoms with Gasteiger partial charge in [0.15, 0.2) is 0 Å². The number of aromatic nitrogens is 3. The lowest BCUT2D eigenvalue weighted by Crippen LogP contribution is -2.30. The fraction of sp³-hybridized carbons (Fsp3) is 0.304. The van der Waals surface area contributed by atoms with E-state index < -0.39 is 29.7 Å². The molecule has 10 heteroatoms. The van der Waals surface area contributed by atoms with Crippen molar-refractivity contribution in [3.8, 4) is 0 Å². The van der Waals surface area contributed by atoms with E-state index in [0.717, 1.165) is 18.6 Å². The number of carbonyl (C=O) groups is 2. The van der Waals surface area contributed by atoms with Gasteiger partial charge in [0.1, 0.15) is 5.69 Å². The molecule has 0 fully saturated rings. The zero-order valence-corrected chi connectivity index (χ0v) is 18.1. The lowest BCUT2D eigenvalue weighted by molar-refractivity contribution is -0.137. The number of hydrogen-bond acceptors (Lipinski definition) is 4. The third-order valence-corrected chi connectivity index (χ3v) is 5.13. The molecule has 174 valence electrons. The van der Waals surface area contributed by atoms with Crippen LogP contribution in [0.15, 0.2) is 48.5 Å². The molecule has 0 aliphatic carbocycles. The number of carboxylic acids is 1. The second-order valence-corrected chi connectivity index (χ2v) is 7.61. The second-order valence-electron chi connectivity index (χ2n) is 7.61. The minimum atomic E-state index is -4.43. The van der Waals surface area contributed by atoms with Gasteiger partial charge in [0.05, 0.1) is 29.4 Å². The highest BCUT2D eigenvalue weighted by atomic mass is 19.4. The maximum atomic E-state index is 13.1. The van der Waals surface area contributed by atoms with Crippen LogP contribution in [0.5, 0.6) is 0 Å². The Morgan fingerprint density at radius 2 is 1.73 bits per heavy atom. The molecule has 33 heavy (non-hydrogen) atoms. The average Bonchev–Trinajstić information content (AvgIpc) is 3.16. The van der Waals surface area contributed by atoms with Crippen molar-refractivity contribution in [2.75, 3.05) is 0 Å². The van der Waals surface area contributed by atoms with E-state index in [1.807, 2.05) is 6.92 Å². The monoisotopic (exact) mass is 460 g/mol. The molecule has 0 spiro atoms. The number of nitrogens with zero attached hydrogens (tertiary/aromatic N) is 3. The van der Waals surface area contributed by atoms with Crippen molar-refractivity contribution in [3.63, 3.8) is 0 Å². The van der Waals surface area contributed by atoms with Crippen molar-refractivity contribution in [3.05, 3.63) is 82.2 Å². The van der Waals surface area contributed by atoms with Crippen molar-refractivity contribution < 1.29 is 27.9 Å². The van der Waals surface area contributed by atoms with Gasteiger partial charge in [-0.3, -0.25) is 4.79 Å². The van der Waals surface area contributed by atoms with Crippen LogP contribution in [0.4, 0.5) is 13.2 Å². The van der Waals surface area contributed by atoms with Crippen LogP contribution in [0, 0.1) is 0 Å². The third kappa shape index (κ3) is 5.76. The number of carbonyl (C=O) groups excluding carboxylic acids is 1. The Hall–Kier alpha value is -3.69. The van der Waals surface area contributed by atoms with E-state index in [4.69, 9.17) is 5.11 Å². The first-order valence-electron chi connectivity index (χ1n) is 10.3. The molecule has 2 N–H and O–H groups in total. The fourth-order valence-electron chi connectivity index (χ4n) is 3.35. The van der Waals surface area contributed by atoms with Crippen LogP contribution in [0.2, 0.25) is 0 Å². The Morgan fingerprint density at radius 3 is 2.27 bits per heavy atom. The van der Waals surface area contributed by atoms with Crippen LogP contribution in [0.1, 0.15) is 69.5 Å². The van der Waals surface area contributed by atoms with Gasteiger partial charge in [0.2, 0.25) is 0 Å². The Kier molecular flexibility index (Phi) is 7.15. The van der Waals surface area contributed by atoms with Gasteiger partial charge in [0.25, 0.3) is 5.91 Å². The van der Waals surface area contributed by atoms with Gasteiger partial charge in [0, 0.05) is 0 Å². The fourth-order valence-corrected chi connectivity index (χ4v) is 3.35. The highest BCUT2D eigenvalue weighted by Gasteiger charge is 2.30. The van der Waals surface area contributed by atoms with E-state index in [2.05, 4.69) is 15.6 Å². The molecule has 1 unspecified atom stereocenters. The van der Waals surface area contributed by atoms with Gasteiger partial charge < -0.3 is 10.4 Å². The summed E-state index contributed by atoms with van der Waals surface area (Å²) in [6, 6.07) is 10.4. The van der Waals surface area contributed by atoms with Crippen LogP contribution in [0.25, 0.3) is 0 Å². The summed E-state index contributed by atoms with van der Waals surface area (Å²) in [5.41, 5.74) is 1.38. The summed E-state index contributed by atoms with van der Waals surface area (Å²) in [6.45, 7) is 3.78. The number of halogens is 3. The molecule has 3 aromatic rings. The zero-order valence-electron chi connectivity index (χ0n) is 18.1. The summed E-state index contributed by atoms with van der Waals surface area (Å²) in [5.74, 6) is -1.47. The van der Waals surface area contributed by atoms with Crippen LogP contribution in [-0.2, 0) is 19.1 Å². The normalized spacial score (nSPS) is 12.4. The highest BCUT2D eigenvalue weighted by Crippen LogP contribution is 2.29. The van der Waals surface area contributed by atoms with Gasteiger partial charge >= 0.3 is 12.1 Å². The molecule has 1 aromatic heterocycles. The average molecular weight is 460 g/mol. The SMILES string of the molecule is CCCc1nnn(Cc2ccc(C(F)(F)F)cc2)c1C(=O)NC(C)c1ccc(C(=O)O)cc1. The Labute approximate surface area is 188 Å². The third-order valence-electron chi connectivity index (χ3n) is 5.13. The van der Waals surface area contributed by atoms with Crippen molar-refractivity contribution in [2.24, 2.45) is 0 Å².